The van der Waals surface area contributed by atoms with Gasteiger partial charge in [0.15, 0.2) is 11.2 Å². The van der Waals surface area contributed by atoms with E-state index in [0.29, 0.717) is 23.5 Å². The van der Waals surface area contributed by atoms with Crippen molar-refractivity contribution >= 4 is 16.9 Å². The summed E-state index contributed by atoms with van der Waals surface area (Å²) < 4.78 is 11.9. The van der Waals surface area contributed by atoms with Crippen LogP contribution >= 0.6 is 0 Å². The number of furan rings is 1. The van der Waals surface area contributed by atoms with Crippen molar-refractivity contribution in [2.24, 2.45) is 7.05 Å². The molecule has 4 heterocycles. The summed E-state index contributed by atoms with van der Waals surface area (Å²) in [6.07, 6.45) is 3.50. The molecule has 0 fully saturated rings. The fourth-order valence-electron chi connectivity index (χ4n) is 3.94. The Morgan fingerprint density at radius 2 is 1.87 bits per heavy atom. The average molecular weight is 403 g/mol. The van der Waals surface area contributed by atoms with Crippen molar-refractivity contribution in [3.8, 4) is 0 Å². The van der Waals surface area contributed by atoms with E-state index in [4.69, 9.17) is 4.42 Å². The molecule has 0 atom stereocenters. The van der Waals surface area contributed by atoms with Crippen LogP contribution in [-0.2, 0) is 20.1 Å². The number of rotatable bonds is 4. The van der Waals surface area contributed by atoms with Crippen molar-refractivity contribution in [3.63, 3.8) is 0 Å². The summed E-state index contributed by atoms with van der Waals surface area (Å²) in [6.45, 7) is 4.64. The van der Waals surface area contributed by atoms with Gasteiger partial charge in [-0.1, -0.05) is 29.8 Å². The molecule has 152 valence electrons. The number of imidazole rings is 2. The first-order chi connectivity index (χ1) is 14.4. The Morgan fingerprint density at radius 3 is 2.60 bits per heavy atom. The number of hydrogen-bond acceptors (Lipinski definition) is 4. The number of nitrogens with zero attached hydrogens (tertiary/aromatic N) is 5. The van der Waals surface area contributed by atoms with Gasteiger partial charge in [-0.25, -0.2) is 4.79 Å². The van der Waals surface area contributed by atoms with Crippen LogP contribution in [0.1, 0.15) is 22.6 Å². The van der Waals surface area contributed by atoms with Gasteiger partial charge < -0.3 is 8.98 Å². The zero-order valence-corrected chi connectivity index (χ0v) is 17.0. The normalized spacial score (nSPS) is 11.7. The van der Waals surface area contributed by atoms with Crippen LogP contribution in [-0.4, -0.2) is 23.1 Å². The quantitative estimate of drug-likeness (QED) is 0.462. The average Bonchev–Trinajstić information content (AvgIpc) is 3.42. The minimum Gasteiger partial charge on any atom is -0.467 e. The van der Waals surface area contributed by atoms with Gasteiger partial charge in [-0.15, -0.1) is 0 Å². The number of benzene rings is 1. The highest BCUT2D eigenvalue weighted by atomic mass is 16.3. The Morgan fingerprint density at radius 1 is 1.03 bits per heavy atom. The summed E-state index contributed by atoms with van der Waals surface area (Å²) in [5.74, 6) is 1.38. The first kappa shape index (κ1) is 18.2. The predicted octanol–water partition coefficient (Wildman–Crippen LogP) is 2.46. The number of hydrogen-bond donors (Lipinski definition) is 0. The molecule has 0 unspecified atom stereocenters. The lowest BCUT2D eigenvalue weighted by molar-refractivity contribution is 0.494. The van der Waals surface area contributed by atoms with Crippen molar-refractivity contribution in [1.29, 1.82) is 0 Å². The molecule has 4 aromatic heterocycles. The molecule has 0 aliphatic carbocycles. The van der Waals surface area contributed by atoms with Gasteiger partial charge in [-0.3, -0.25) is 18.3 Å². The zero-order chi connectivity index (χ0) is 21.0. The molecular formula is C22H21N5O3. The van der Waals surface area contributed by atoms with Crippen LogP contribution in [0, 0.1) is 13.8 Å². The molecule has 1 aromatic carbocycles. The summed E-state index contributed by atoms with van der Waals surface area (Å²) in [5, 5.41) is 0. The molecule has 0 N–H and O–H groups in total. The van der Waals surface area contributed by atoms with E-state index in [1.54, 1.807) is 17.7 Å². The third-order valence-electron chi connectivity index (χ3n) is 5.46. The topological polar surface area (TPSA) is 79.4 Å². The second kappa shape index (κ2) is 6.62. The minimum absolute atomic E-state index is 0.211. The summed E-state index contributed by atoms with van der Waals surface area (Å²) in [4.78, 5) is 31.0. The van der Waals surface area contributed by atoms with Crippen LogP contribution in [0.25, 0.3) is 16.9 Å². The van der Waals surface area contributed by atoms with Gasteiger partial charge in [0.05, 0.1) is 19.4 Å². The Labute approximate surface area is 171 Å². The van der Waals surface area contributed by atoms with E-state index in [-0.39, 0.29) is 17.8 Å². The van der Waals surface area contributed by atoms with E-state index in [2.05, 4.69) is 4.98 Å². The molecular weight excluding hydrogens is 382 g/mol. The van der Waals surface area contributed by atoms with Crippen LogP contribution in [0.5, 0.6) is 0 Å². The summed E-state index contributed by atoms with van der Waals surface area (Å²) >= 11 is 0. The van der Waals surface area contributed by atoms with Gasteiger partial charge in [-0.2, -0.15) is 4.98 Å². The smallest absolute Gasteiger partial charge is 0.332 e. The van der Waals surface area contributed by atoms with Crippen LogP contribution in [0.3, 0.4) is 0 Å². The molecule has 8 nitrogen and oxygen atoms in total. The lowest BCUT2D eigenvalue weighted by Crippen LogP contribution is -2.39. The highest BCUT2D eigenvalue weighted by Gasteiger charge is 2.20. The summed E-state index contributed by atoms with van der Waals surface area (Å²) in [5.41, 5.74) is 2.95. The molecule has 0 saturated heterocycles. The van der Waals surface area contributed by atoms with E-state index in [0.717, 1.165) is 22.6 Å². The maximum Gasteiger partial charge on any atom is 0.332 e. The van der Waals surface area contributed by atoms with Crippen molar-refractivity contribution in [1.82, 2.24) is 23.1 Å². The molecule has 5 rings (SSSR count). The van der Waals surface area contributed by atoms with Crippen molar-refractivity contribution in [2.45, 2.75) is 26.9 Å². The number of aryl methyl sites for hydroxylation is 3. The lowest BCUT2D eigenvalue weighted by Gasteiger charge is -2.08. The number of fused-ring (bicyclic) bond motifs is 3. The van der Waals surface area contributed by atoms with E-state index in [1.165, 1.54) is 9.13 Å². The number of aromatic nitrogens is 5. The molecule has 0 radical (unpaired) electrons. The molecule has 5 aromatic rings. The van der Waals surface area contributed by atoms with E-state index < -0.39 is 0 Å². The standard InChI is InChI=1S/C22H21N5O3/c1-14-6-4-7-16(10-14)12-27-20(28)18-19(24(3)22(27)29)23-21-25(15(2)11-26(18)21)13-17-8-5-9-30-17/h4-11H,12-13H2,1-3H3. The highest BCUT2D eigenvalue weighted by molar-refractivity contribution is 5.75. The lowest BCUT2D eigenvalue weighted by atomic mass is 10.1. The maximum atomic E-state index is 13.4. The van der Waals surface area contributed by atoms with Gasteiger partial charge in [0.25, 0.3) is 5.56 Å². The Bertz CT molecular complexity index is 1510. The Hall–Kier alpha value is -3.81. The molecule has 0 spiro atoms. The molecule has 0 saturated carbocycles. The molecule has 8 heteroatoms. The predicted molar refractivity (Wildman–Crippen MR) is 113 cm³/mol. The van der Waals surface area contributed by atoms with Gasteiger partial charge in [0, 0.05) is 18.9 Å². The van der Waals surface area contributed by atoms with Gasteiger partial charge in [0.2, 0.25) is 5.78 Å². The highest BCUT2D eigenvalue weighted by Crippen LogP contribution is 2.18. The van der Waals surface area contributed by atoms with Crippen molar-refractivity contribution in [3.05, 3.63) is 92.3 Å². The fraction of sp³-hybridized carbons (Fsp3) is 0.227. The third kappa shape index (κ3) is 2.72. The molecule has 0 bridgehead atoms. The fourth-order valence-corrected chi connectivity index (χ4v) is 3.94. The summed E-state index contributed by atoms with van der Waals surface area (Å²) in [7, 11) is 1.65. The molecule has 0 aliphatic rings. The van der Waals surface area contributed by atoms with Crippen LogP contribution in [0.2, 0.25) is 0 Å². The monoisotopic (exact) mass is 403 g/mol. The summed E-state index contributed by atoms with van der Waals surface area (Å²) in [6, 6.07) is 11.5. The zero-order valence-electron chi connectivity index (χ0n) is 17.0. The van der Waals surface area contributed by atoms with E-state index >= 15 is 0 Å². The van der Waals surface area contributed by atoms with Crippen LogP contribution in [0.15, 0.2) is 62.9 Å². The SMILES string of the molecule is Cc1cccc(Cn2c(=O)c3c(nc4n(Cc5ccco5)c(C)cn34)n(C)c2=O)c1. The van der Waals surface area contributed by atoms with Crippen LogP contribution in [0.4, 0.5) is 0 Å². The Balaban J connectivity index is 1.74. The van der Waals surface area contributed by atoms with Crippen LogP contribution < -0.4 is 11.2 Å². The Kier molecular flexibility index (Phi) is 4.02. The minimum atomic E-state index is -0.385. The van der Waals surface area contributed by atoms with Crippen molar-refractivity contribution < 1.29 is 4.42 Å². The first-order valence-corrected chi connectivity index (χ1v) is 9.69. The van der Waals surface area contributed by atoms with E-state index in [1.807, 2.05) is 61.0 Å². The third-order valence-corrected chi connectivity index (χ3v) is 5.46. The van der Waals surface area contributed by atoms with Gasteiger partial charge in [0.1, 0.15) is 5.76 Å². The first-order valence-electron chi connectivity index (χ1n) is 9.69. The van der Waals surface area contributed by atoms with Gasteiger partial charge >= 0.3 is 5.69 Å². The maximum absolute atomic E-state index is 13.4. The molecule has 0 amide bonds. The van der Waals surface area contributed by atoms with Gasteiger partial charge in [-0.05, 0) is 31.5 Å². The molecule has 30 heavy (non-hydrogen) atoms. The largest absolute Gasteiger partial charge is 0.467 e. The second-order valence-electron chi connectivity index (χ2n) is 7.61. The molecule has 0 aliphatic heterocycles. The van der Waals surface area contributed by atoms with E-state index in [9.17, 15) is 9.59 Å². The van der Waals surface area contributed by atoms with Crippen molar-refractivity contribution in [2.75, 3.05) is 0 Å². The second-order valence-corrected chi connectivity index (χ2v) is 7.61.